The molecule has 0 radical (unpaired) electrons. The molecule has 0 saturated carbocycles. The second-order valence-corrected chi connectivity index (χ2v) is 6.57. The first-order chi connectivity index (χ1) is 11.9. The van der Waals surface area contributed by atoms with Gasteiger partial charge in [0, 0.05) is 17.8 Å². The number of benzene rings is 1. The summed E-state index contributed by atoms with van der Waals surface area (Å²) in [6.07, 6.45) is 8.14. The first-order valence-electron chi connectivity index (χ1n) is 9.24. The molecule has 3 heteroatoms. The van der Waals surface area contributed by atoms with E-state index in [1.807, 2.05) is 30.5 Å². The number of ether oxygens (including phenoxy) is 1. The summed E-state index contributed by atoms with van der Waals surface area (Å²) in [6.45, 7) is 5.20. The predicted molar refractivity (Wildman–Crippen MR) is 98.1 cm³/mol. The van der Waals surface area contributed by atoms with Crippen molar-refractivity contribution in [3.8, 4) is 5.88 Å². The van der Waals surface area contributed by atoms with E-state index in [0.29, 0.717) is 12.6 Å². The Bertz CT molecular complexity index is 614. The van der Waals surface area contributed by atoms with Gasteiger partial charge in [0.25, 0.3) is 0 Å². The van der Waals surface area contributed by atoms with Gasteiger partial charge in [0.15, 0.2) is 0 Å². The molecule has 1 aromatic carbocycles. The Balaban J connectivity index is 1.74. The van der Waals surface area contributed by atoms with Gasteiger partial charge in [-0.05, 0) is 44.0 Å². The van der Waals surface area contributed by atoms with Crippen LogP contribution in [0.2, 0.25) is 0 Å². The number of hydrogen-bond donors (Lipinski definition) is 0. The molecule has 1 saturated heterocycles. The van der Waals surface area contributed by atoms with Gasteiger partial charge in [0.05, 0.1) is 0 Å². The number of unbranched alkanes of at least 4 members (excludes halogenated alkanes) is 1. The van der Waals surface area contributed by atoms with Crippen molar-refractivity contribution in [1.29, 1.82) is 0 Å². The van der Waals surface area contributed by atoms with E-state index >= 15 is 0 Å². The van der Waals surface area contributed by atoms with Crippen molar-refractivity contribution < 1.29 is 4.74 Å². The van der Waals surface area contributed by atoms with Gasteiger partial charge >= 0.3 is 0 Å². The smallest absolute Gasteiger partial charge is 0.218 e. The number of pyridine rings is 1. The molecule has 1 fully saturated rings. The third kappa shape index (κ3) is 4.35. The fourth-order valence-corrected chi connectivity index (χ4v) is 3.48. The molecule has 0 spiro atoms. The fourth-order valence-electron chi connectivity index (χ4n) is 3.48. The predicted octanol–water partition coefficient (Wildman–Crippen LogP) is 4.99. The lowest BCUT2D eigenvalue weighted by Crippen LogP contribution is -2.34. The van der Waals surface area contributed by atoms with Gasteiger partial charge in [-0.3, -0.25) is 4.90 Å². The first kappa shape index (κ1) is 17.0. The summed E-state index contributed by atoms with van der Waals surface area (Å²) in [4.78, 5) is 7.16. The van der Waals surface area contributed by atoms with Crippen molar-refractivity contribution in [3.63, 3.8) is 0 Å². The summed E-state index contributed by atoms with van der Waals surface area (Å²) in [5.41, 5.74) is 2.44. The highest BCUT2D eigenvalue weighted by atomic mass is 16.5. The topological polar surface area (TPSA) is 25.4 Å². The molecule has 2 heterocycles. The molecule has 2 aromatic rings. The van der Waals surface area contributed by atoms with Crippen molar-refractivity contribution in [3.05, 3.63) is 59.8 Å². The average molecular weight is 324 g/mol. The Labute approximate surface area is 145 Å². The molecule has 0 unspecified atom stereocenters. The van der Waals surface area contributed by atoms with E-state index in [9.17, 15) is 0 Å². The summed E-state index contributed by atoms with van der Waals surface area (Å²) in [5, 5.41) is 0. The van der Waals surface area contributed by atoms with Gasteiger partial charge in [-0.1, -0.05) is 56.2 Å². The summed E-state index contributed by atoms with van der Waals surface area (Å²) >= 11 is 0. The molecule has 1 atom stereocenters. The quantitative estimate of drug-likeness (QED) is 0.717. The highest BCUT2D eigenvalue weighted by Crippen LogP contribution is 2.35. The maximum atomic E-state index is 6.09. The molecule has 1 aliphatic heterocycles. The van der Waals surface area contributed by atoms with Crippen molar-refractivity contribution in [2.75, 3.05) is 13.1 Å². The Kier molecular flexibility index (Phi) is 6.25. The van der Waals surface area contributed by atoms with Crippen molar-refractivity contribution in [2.24, 2.45) is 0 Å². The van der Waals surface area contributed by atoms with Crippen LogP contribution in [-0.2, 0) is 6.61 Å². The second kappa shape index (κ2) is 8.84. The lowest BCUT2D eigenvalue weighted by atomic mass is 9.95. The number of likely N-dealkylation sites (tertiary alicyclic amines) is 1. The molecule has 3 rings (SSSR count). The molecular weight excluding hydrogens is 296 g/mol. The van der Waals surface area contributed by atoms with Gasteiger partial charge < -0.3 is 4.74 Å². The lowest BCUT2D eigenvalue weighted by Gasteiger charge is -2.36. The van der Waals surface area contributed by atoms with Crippen molar-refractivity contribution in [1.82, 2.24) is 9.88 Å². The van der Waals surface area contributed by atoms with Crippen LogP contribution in [-0.4, -0.2) is 23.0 Å². The van der Waals surface area contributed by atoms with Crippen molar-refractivity contribution in [2.45, 2.75) is 51.7 Å². The second-order valence-electron chi connectivity index (χ2n) is 6.57. The zero-order chi connectivity index (χ0) is 16.6. The van der Waals surface area contributed by atoms with Crippen LogP contribution in [0, 0.1) is 0 Å². The highest BCUT2D eigenvalue weighted by Gasteiger charge is 2.26. The minimum Gasteiger partial charge on any atom is -0.473 e. The zero-order valence-electron chi connectivity index (χ0n) is 14.7. The van der Waals surface area contributed by atoms with Crippen LogP contribution < -0.4 is 4.74 Å². The summed E-state index contributed by atoms with van der Waals surface area (Å²) in [7, 11) is 0. The number of nitrogens with zero attached hydrogens (tertiary/aromatic N) is 2. The van der Waals surface area contributed by atoms with E-state index < -0.39 is 0 Å². The summed E-state index contributed by atoms with van der Waals surface area (Å²) < 4.78 is 6.09. The molecule has 0 N–H and O–H groups in total. The molecule has 128 valence electrons. The largest absolute Gasteiger partial charge is 0.473 e. The Morgan fingerprint density at radius 1 is 1.12 bits per heavy atom. The van der Waals surface area contributed by atoms with Gasteiger partial charge in [-0.2, -0.15) is 0 Å². The van der Waals surface area contributed by atoms with Gasteiger partial charge in [-0.15, -0.1) is 0 Å². The minimum atomic E-state index is 0.449. The zero-order valence-corrected chi connectivity index (χ0v) is 14.7. The number of piperidine rings is 1. The van der Waals surface area contributed by atoms with Crippen LogP contribution in [0.4, 0.5) is 0 Å². The van der Waals surface area contributed by atoms with Crippen LogP contribution in [0.25, 0.3) is 0 Å². The normalized spacial score (nSPS) is 18.5. The standard InChI is InChI=1S/C21H28N2O/c1-2-3-15-23-16-8-7-13-20(23)19-12-9-14-22-21(19)24-17-18-10-5-4-6-11-18/h4-6,9-12,14,20H,2-3,7-8,13,15-17H2,1H3/t20-/m0/s1. The Morgan fingerprint density at radius 2 is 2.00 bits per heavy atom. The third-order valence-electron chi connectivity index (χ3n) is 4.79. The fraction of sp³-hybridized carbons (Fsp3) is 0.476. The van der Waals surface area contributed by atoms with E-state index in [1.165, 1.54) is 56.3 Å². The van der Waals surface area contributed by atoms with Gasteiger partial charge in [0.1, 0.15) is 6.61 Å². The van der Waals surface area contributed by atoms with E-state index in [4.69, 9.17) is 4.74 Å². The molecular formula is C21H28N2O. The average Bonchev–Trinajstić information content (AvgIpc) is 2.66. The van der Waals surface area contributed by atoms with Gasteiger partial charge in [-0.25, -0.2) is 4.98 Å². The molecule has 0 aliphatic carbocycles. The number of hydrogen-bond acceptors (Lipinski definition) is 3. The van der Waals surface area contributed by atoms with Crippen LogP contribution in [0.5, 0.6) is 5.88 Å². The third-order valence-corrected chi connectivity index (χ3v) is 4.79. The first-order valence-corrected chi connectivity index (χ1v) is 9.24. The summed E-state index contributed by atoms with van der Waals surface area (Å²) in [5.74, 6) is 0.801. The minimum absolute atomic E-state index is 0.449. The van der Waals surface area contributed by atoms with Crippen LogP contribution in [0.15, 0.2) is 48.7 Å². The molecule has 0 bridgehead atoms. The SMILES string of the molecule is CCCCN1CCCC[C@H]1c1cccnc1OCc1ccccc1. The number of aromatic nitrogens is 1. The van der Waals surface area contributed by atoms with Crippen molar-refractivity contribution >= 4 is 0 Å². The highest BCUT2D eigenvalue weighted by molar-refractivity contribution is 5.30. The molecule has 0 amide bonds. The number of rotatable bonds is 7. The van der Waals surface area contributed by atoms with Crippen LogP contribution in [0.3, 0.4) is 0 Å². The van der Waals surface area contributed by atoms with Crippen LogP contribution >= 0.6 is 0 Å². The maximum absolute atomic E-state index is 6.09. The molecule has 3 nitrogen and oxygen atoms in total. The molecule has 1 aliphatic rings. The monoisotopic (exact) mass is 324 g/mol. The lowest BCUT2D eigenvalue weighted by molar-refractivity contribution is 0.141. The Morgan fingerprint density at radius 3 is 2.83 bits per heavy atom. The van der Waals surface area contributed by atoms with E-state index in [1.54, 1.807) is 0 Å². The Hall–Kier alpha value is -1.87. The molecule has 24 heavy (non-hydrogen) atoms. The van der Waals surface area contributed by atoms with E-state index in [-0.39, 0.29) is 0 Å². The van der Waals surface area contributed by atoms with Gasteiger partial charge in [0.2, 0.25) is 5.88 Å². The van der Waals surface area contributed by atoms with Crippen LogP contribution in [0.1, 0.15) is 56.2 Å². The van der Waals surface area contributed by atoms with E-state index in [0.717, 1.165) is 5.88 Å². The summed E-state index contributed by atoms with van der Waals surface area (Å²) in [6, 6.07) is 15.0. The van der Waals surface area contributed by atoms with E-state index in [2.05, 4.69) is 35.0 Å². The maximum Gasteiger partial charge on any atom is 0.218 e. The molecule has 1 aromatic heterocycles.